The smallest absolute Gasteiger partial charge is 0.135 e. The summed E-state index contributed by atoms with van der Waals surface area (Å²) in [6.07, 6.45) is 0. The first kappa shape index (κ1) is 36.7. The zero-order chi connectivity index (χ0) is 43.3. The van der Waals surface area contributed by atoms with Gasteiger partial charge in [-0.05, 0) is 152 Å². The first-order chi connectivity index (χ1) is 32.7. The molecule has 0 radical (unpaired) electrons. The summed E-state index contributed by atoms with van der Waals surface area (Å²) in [4.78, 5) is 2.41. The zero-order valence-electron chi connectivity index (χ0n) is 35.9. The predicted octanol–water partition coefficient (Wildman–Crippen LogP) is 18.5. The van der Waals surface area contributed by atoms with Crippen LogP contribution in [0.15, 0.2) is 241 Å². The van der Waals surface area contributed by atoms with E-state index in [-0.39, 0.29) is 0 Å². The van der Waals surface area contributed by atoms with Crippen LogP contribution < -0.4 is 4.90 Å². The quantitative estimate of drug-likeness (QED) is 0.164. The van der Waals surface area contributed by atoms with Gasteiger partial charge in [0.05, 0.1) is 0 Å². The standard InChI is InChI=1S/C64H39NO/c1-2-13-40(14-3-1)41-27-30-45(31-28-41)65(47-33-36-61-58(39-47)54-22-10-11-24-60(54)66-61)46-32-35-53-51-20-7-5-18-49(51)48-17-4-6-19-50(48)52-21-8-9-23-55(52)64-56-34-29-43-16-12-15-42-25-26-44(63(56)62(42)43)37-59(64)57(53)38-46/h1-39H. The molecule has 0 spiro atoms. The van der Waals surface area contributed by atoms with E-state index in [0.717, 1.165) is 39.0 Å². The SMILES string of the molecule is c1ccc(-c2ccc(N(c3ccc4oc5ccccc5c4c3)c3ccc4c5ccccc5c5ccccc5c5ccccc5c5c(cc6ccc7cccc8ccc5c6c78)c4c3)cc2)cc1. The van der Waals surface area contributed by atoms with Crippen LogP contribution >= 0.6 is 0 Å². The van der Waals surface area contributed by atoms with Gasteiger partial charge in [-0.15, -0.1) is 0 Å². The molecule has 2 heteroatoms. The van der Waals surface area contributed by atoms with Crippen LogP contribution in [0.5, 0.6) is 0 Å². The topological polar surface area (TPSA) is 16.4 Å². The molecule has 1 aromatic heterocycles. The van der Waals surface area contributed by atoms with Crippen molar-refractivity contribution in [2.45, 2.75) is 0 Å². The van der Waals surface area contributed by atoms with Crippen molar-refractivity contribution >= 4 is 125 Å². The molecule has 0 atom stereocenters. The zero-order valence-corrected chi connectivity index (χ0v) is 35.9. The van der Waals surface area contributed by atoms with E-state index in [1.54, 1.807) is 0 Å². The van der Waals surface area contributed by atoms with E-state index in [1.807, 2.05) is 6.07 Å². The van der Waals surface area contributed by atoms with Gasteiger partial charge in [0.25, 0.3) is 0 Å². The maximum Gasteiger partial charge on any atom is 0.135 e. The third-order valence-corrected chi connectivity index (χ3v) is 14.0. The number of furan rings is 1. The van der Waals surface area contributed by atoms with E-state index in [0.29, 0.717) is 0 Å². The molecule has 0 fully saturated rings. The summed E-state index contributed by atoms with van der Waals surface area (Å²) in [5.41, 5.74) is 7.31. The highest BCUT2D eigenvalue weighted by Crippen LogP contribution is 2.46. The van der Waals surface area contributed by atoms with Crippen molar-refractivity contribution < 1.29 is 4.42 Å². The second-order valence-corrected chi connectivity index (χ2v) is 17.5. The fourth-order valence-electron chi connectivity index (χ4n) is 11.0. The van der Waals surface area contributed by atoms with Gasteiger partial charge >= 0.3 is 0 Å². The molecule has 0 bridgehead atoms. The molecule has 0 unspecified atom stereocenters. The largest absolute Gasteiger partial charge is 0.456 e. The van der Waals surface area contributed by atoms with Gasteiger partial charge in [0.2, 0.25) is 0 Å². The van der Waals surface area contributed by atoms with Crippen LogP contribution in [0, 0.1) is 0 Å². The Morgan fingerprint density at radius 3 is 1.41 bits per heavy atom. The molecule has 14 rings (SSSR count). The van der Waals surface area contributed by atoms with Crippen LogP contribution in [-0.2, 0) is 0 Å². The average Bonchev–Trinajstić information content (AvgIpc) is 3.76. The molecular weight excluding hydrogens is 799 g/mol. The van der Waals surface area contributed by atoms with Crippen LogP contribution in [-0.4, -0.2) is 0 Å². The van der Waals surface area contributed by atoms with Gasteiger partial charge in [-0.1, -0.05) is 182 Å². The van der Waals surface area contributed by atoms with Crippen LogP contribution in [0.25, 0.3) is 119 Å². The Bertz CT molecular complexity index is 4320. The molecule has 0 amide bonds. The number of hydrogen-bond acceptors (Lipinski definition) is 2. The van der Waals surface area contributed by atoms with E-state index in [4.69, 9.17) is 4.42 Å². The van der Waals surface area contributed by atoms with E-state index in [2.05, 4.69) is 235 Å². The minimum absolute atomic E-state index is 0.874. The number of para-hydroxylation sites is 1. The molecule has 0 aliphatic heterocycles. The Hall–Kier alpha value is -8.72. The van der Waals surface area contributed by atoms with Crippen molar-refractivity contribution in [1.29, 1.82) is 0 Å². The van der Waals surface area contributed by atoms with Gasteiger partial charge in [0.1, 0.15) is 11.2 Å². The van der Waals surface area contributed by atoms with E-state index >= 15 is 0 Å². The van der Waals surface area contributed by atoms with Crippen molar-refractivity contribution in [2.75, 3.05) is 4.90 Å². The molecule has 0 aliphatic rings. The lowest BCUT2D eigenvalue weighted by Crippen LogP contribution is -2.09. The van der Waals surface area contributed by atoms with Crippen molar-refractivity contribution in [3.63, 3.8) is 0 Å². The van der Waals surface area contributed by atoms with E-state index in [1.165, 1.54) is 97.3 Å². The van der Waals surface area contributed by atoms with Crippen LogP contribution in [0.1, 0.15) is 0 Å². The van der Waals surface area contributed by atoms with Crippen molar-refractivity contribution in [3.05, 3.63) is 237 Å². The first-order valence-electron chi connectivity index (χ1n) is 22.7. The van der Waals surface area contributed by atoms with Crippen LogP contribution in [0.3, 0.4) is 0 Å². The van der Waals surface area contributed by atoms with Gasteiger partial charge in [0, 0.05) is 27.8 Å². The maximum atomic E-state index is 6.38. The second-order valence-electron chi connectivity index (χ2n) is 17.5. The Labute approximate surface area is 380 Å². The number of anilines is 3. The molecule has 1 heterocycles. The Kier molecular flexibility index (Phi) is 8.02. The van der Waals surface area contributed by atoms with Crippen molar-refractivity contribution in [2.24, 2.45) is 0 Å². The van der Waals surface area contributed by atoms with Gasteiger partial charge in [-0.2, -0.15) is 0 Å². The fourth-order valence-corrected chi connectivity index (χ4v) is 11.0. The highest BCUT2D eigenvalue weighted by molar-refractivity contribution is 6.37. The highest BCUT2D eigenvalue weighted by atomic mass is 16.3. The molecular formula is C64H39NO. The summed E-state index contributed by atoms with van der Waals surface area (Å²) in [5, 5.41) is 21.9. The molecule has 306 valence electrons. The lowest BCUT2D eigenvalue weighted by Gasteiger charge is -2.26. The van der Waals surface area contributed by atoms with Crippen molar-refractivity contribution in [1.82, 2.24) is 0 Å². The van der Waals surface area contributed by atoms with Gasteiger partial charge in [-0.3, -0.25) is 0 Å². The third kappa shape index (κ3) is 5.55. The molecule has 0 N–H and O–H groups in total. The summed E-state index contributed by atoms with van der Waals surface area (Å²) >= 11 is 0. The number of rotatable bonds is 4. The van der Waals surface area contributed by atoms with Gasteiger partial charge in [0.15, 0.2) is 0 Å². The maximum absolute atomic E-state index is 6.38. The fraction of sp³-hybridized carbons (Fsp3) is 0. The van der Waals surface area contributed by atoms with E-state index < -0.39 is 0 Å². The summed E-state index contributed by atoms with van der Waals surface area (Å²) in [6, 6.07) is 87.1. The Balaban J connectivity index is 1.17. The monoisotopic (exact) mass is 837 g/mol. The number of hydrogen-bond donors (Lipinski definition) is 0. The normalized spacial score (nSPS) is 11.9. The summed E-state index contributed by atoms with van der Waals surface area (Å²) in [7, 11) is 0. The first-order valence-corrected chi connectivity index (χ1v) is 22.7. The van der Waals surface area contributed by atoms with Gasteiger partial charge < -0.3 is 9.32 Å². The number of nitrogens with zero attached hydrogens (tertiary/aromatic N) is 1. The molecule has 14 aromatic rings. The van der Waals surface area contributed by atoms with E-state index in [9.17, 15) is 0 Å². The Morgan fingerprint density at radius 1 is 0.227 bits per heavy atom. The lowest BCUT2D eigenvalue weighted by atomic mass is 9.88. The molecule has 66 heavy (non-hydrogen) atoms. The molecule has 13 aromatic carbocycles. The molecule has 0 saturated heterocycles. The highest BCUT2D eigenvalue weighted by Gasteiger charge is 2.20. The van der Waals surface area contributed by atoms with Crippen molar-refractivity contribution in [3.8, 4) is 11.1 Å². The lowest BCUT2D eigenvalue weighted by molar-refractivity contribution is 0.669. The third-order valence-electron chi connectivity index (χ3n) is 14.0. The summed E-state index contributed by atoms with van der Waals surface area (Å²) in [5.74, 6) is 0. The number of benzene rings is 12. The number of fused-ring (bicyclic) bond motifs is 14. The predicted molar refractivity (Wildman–Crippen MR) is 283 cm³/mol. The summed E-state index contributed by atoms with van der Waals surface area (Å²) in [6.45, 7) is 0. The minimum Gasteiger partial charge on any atom is -0.456 e. The average molecular weight is 838 g/mol. The minimum atomic E-state index is 0.874. The van der Waals surface area contributed by atoms with Gasteiger partial charge in [-0.25, -0.2) is 0 Å². The molecule has 2 nitrogen and oxygen atoms in total. The molecule has 0 saturated carbocycles. The second kappa shape index (κ2) is 14.4. The summed E-state index contributed by atoms with van der Waals surface area (Å²) < 4.78 is 6.38. The Morgan fingerprint density at radius 2 is 0.712 bits per heavy atom. The molecule has 0 aliphatic carbocycles. The van der Waals surface area contributed by atoms with Crippen LogP contribution in [0.4, 0.5) is 17.1 Å². The van der Waals surface area contributed by atoms with Crippen LogP contribution in [0.2, 0.25) is 0 Å².